The largest absolute Gasteiger partial charge is 0.497 e. The Morgan fingerprint density at radius 3 is 2.24 bits per heavy atom. The number of ether oxygens (including phenoxy) is 2. The number of carbonyl (C=O) groups excluding carboxylic acids is 2. The van der Waals surface area contributed by atoms with Crippen LogP contribution >= 0.6 is 0 Å². The highest BCUT2D eigenvalue weighted by Crippen LogP contribution is 2.36. The molecule has 1 saturated carbocycles. The van der Waals surface area contributed by atoms with Gasteiger partial charge in [-0.2, -0.15) is 0 Å². The van der Waals surface area contributed by atoms with Gasteiger partial charge in [0.05, 0.1) is 24.8 Å². The Kier molecular flexibility index (Phi) is 11.5. The van der Waals surface area contributed by atoms with Gasteiger partial charge in [-0.1, -0.05) is 73.7 Å². The zero-order chi connectivity index (χ0) is 32.6. The van der Waals surface area contributed by atoms with E-state index in [0.29, 0.717) is 12.2 Å². The zero-order valence-electron chi connectivity index (χ0n) is 26.9. The predicted octanol–water partition coefficient (Wildman–Crippen LogP) is 5.77. The minimum absolute atomic E-state index is 0.0260. The molecule has 2 amide bonds. The Hall–Kier alpha value is -4.05. The van der Waals surface area contributed by atoms with Crippen LogP contribution in [0.3, 0.4) is 0 Å². The summed E-state index contributed by atoms with van der Waals surface area (Å²) in [5.74, 6) is -0.0797. The van der Waals surface area contributed by atoms with E-state index in [1.165, 1.54) is 37.3 Å². The van der Waals surface area contributed by atoms with E-state index < -0.39 is 28.5 Å². The first-order chi connectivity index (χ1) is 21.6. The molecule has 0 aliphatic heterocycles. The minimum atomic E-state index is -4.26. The molecule has 0 unspecified atom stereocenters. The van der Waals surface area contributed by atoms with Crippen LogP contribution in [0, 0.1) is 13.8 Å². The van der Waals surface area contributed by atoms with Crippen LogP contribution in [0.1, 0.15) is 62.1 Å². The van der Waals surface area contributed by atoms with Crippen LogP contribution in [0.2, 0.25) is 0 Å². The summed E-state index contributed by atoms with van der Waals surface area (Å²) in [6.45, 7) is 5.29. The predicted molar refractivity (Wildman–Crippen MR) is 176 cm³/mol. The lowest BCUT2D eigenvalue weighted by atomic mass is 9.95. The second kappa shape index (κ2) is 15.3. The fraction of sp³-hybridized carbons (Fsp3) is 0.429. The van der Waals surface area contributed by atoms with Gasteiger partial charge in [0.25, 0.3) is 10.0 Å². The van der Waals surface area contributed by atoms with Gasteiger partial charge >= 0.3 is 0 Å². The molecule has 0 heterocycles. The molecule has 0 spiro atoms. The normalized spacial score (nSPS) is 14.3. The van der Waals surface area contributed by atoms with Crippen molar-refractivity contribution < 1.29 is 27.5 Å². The van der Waals surface area contributed by atoms with Gasteiger partial charge in [0.1, 0.15) is 24.1 Å². The molecule has 3 aromatic rings. The fourth-order valence-electron chi connectivity index (χ4n) is 5.81. The summed E-state index contributed by atoms with van der Waals surface area (Å²) in [5, 5.41) is 3.18. The van der Waals surface area contributed by atoms with E-state index in [0.717, 1.165) is 53.1 Å². The van der Waals surface area contributed by atoms with Crippen molar-refractivity contribution in [3.05, 3.63) is 83.4 Å². The second-order valence-electron chi connectivity index (χ2n) is 11.6. The molecule has 1 aliphatic carbocycles. The van der Waals surface area contributed by atoms with Crippen LogP contribution in [-0.2, 0) is 26.2 Å². The van der Waals surface area contributed by atoms with Crippen molar-refractivity contribution in [3.63, 3.8) is 0 Å². The molecule has 10 heteroatoms. The van der Waals surface area contributed by atoms with Gasteiger partial charge in [-0.25, -0.2) is 8.42 Å². The van der Waals surface area contributed by atoms with Crippen LogP contribution in [0.15, 0.2) is 71.6 Å². The number of nitrogens with one attached hydrogen (secondary N) is 1. The van der Waals surface area contributed by atoms with Crippen molar-refractivity contribution >= 4 is 27.5 Å². The number of nitrogens with zero attached hydrogens (tertiary/aromatic N) is 2. The second-order valence-corrected chi connectivity index (χ2v) is 13.5. The smallest absolute Gasteiger partial charge is 0.264 e. The monoisotopic (exact) mass is 635 g/mol. The number of benzene rings is 3. The number of sulfonamides is 1. The van der Waals surface area contributed by atoms with Crippen molar-refractivity contribution in [2.75, 3.05) is 25.1 Å². The Labute approximate surface area is 267 Å². The number of methoxy groups -OCH3 is 2. The fourth-order valence-corrected chi connectivity index (χ4v) is 7.23. The summed E-state index contributed by atoms with van der Waals surface area (Å²) in [4.78, 5) is 29.8. The molecular formula is C35H45N3O6S. The molecule has 1 aliphatic rings. The summed E-state index contributed by atoms with van der Waals surface area (Å²) in [7, 11) is -1.34. The van der Waals surface area contributed by atoms with Gasteiger partial charge in [-0.15, -0.1) is 0 Å². The van der Waals surface area contributed by atoms with Crippen LogP contribution in [-0.4, -0.2) is 58.0 Å². The summed E-state index contributed by atoms with van der Waals surface area (Å²) >= 11 is 0. The molecule has 45 heavy (non-hydrogen) atoms. The molecule has 9 nitrogen and oxygen atoms in total. The number of rotatable bonds is 13. The Morgan fingerprint density at radius 1 is 0.911 bits per heavy atom. The van der Waals surface area contributed by atoms with Crippen LogP contribution < -0.4 is 19.1 Å². The third kappa shape index (κ3) is 8.36. The average molecular weight is 636 g/mol. The number of carbonyl (C=O) groups is 2. The van der Waals surface area contributed by atoms with Gasteiger partial charge in [-0.05, 0) is 62.9 Å². The molecule has 4 rings (SSSR count). The van der Waals surface area contributed by atoms with Crippen molar-refractivity contribution in [2.45, 2.75) is 82.8 Å². The summed E-state index contributed by atoms with van der Waals surface area (Å²) < 4.78 is 40.6. The highest BCUT2D eigenvalue weighted by Gasteiger charge is 2.35. The highest BCUT2D eigenvalue weighted by molar-refractivity contribution is 7.92. The summed E-state index contributed by atoms with van der Waals surface area (Å²) in [5.41, 5.74) is 2.92. The first-order valence-corrected chi connectivity index (χ1v) is 17.0. The lowest BCUT2D eigenvalue weighted by Gasteiger charge is -2.34. The van der Waals surface area contributed by atoms with E-state index >= 15 is 0 Å². The number of hydrogen-bond acceptors (Lipinski definition) is 6. The third-order valence-corrected chi connectivity index (χ3v) is 10.1. The van der Waals surface area contributed by atoms with E-state index in [4.69, 9.17) is 9.47 Å². The lowest BCUT2D eigenvalue weighted by Crippen LogP contribution is -2.54. The number of hydrogen-bond donors (Lipinski definition) is 1. The zero-order valence-corrected chi connectivity index (χ0v) is 27.7. The molecule has 0 aromatic heterocycles. The maximum absolute atomic E-state index is 14.5. The lowest BCUT2D eigenvalue weighted by molar-refractivity contribution is -0.140. The molecular weight excluding hydrogens is 590 g/mol. The molecule has 0 saturated heterocycles. The molecule has 0 bridgehead atoms. The van der Waals surface area contributed by atoms with E-state index in [-0.39, 0.29) is 34.8 Å². The van der Waals surface area contributed by atoms with Crippen molar-refractivity contribution in [3.8, 4) is 11.5 Å². The molecule has 1 N–H and O–H groups in total. The molecule has 1 fully saturated rings. The van der Waals surface area contributed by atoms with Gasteiger partial charge in [-0.3, -0.25) is 13.9 Å². The standard InChI is InChI=1S/C35H45N3O6S/c1-6-31(35(40)36-28-13-8-7-9-14-28)37(23-27-12-10-11-26(3)21-27)34(39)24-38(32-22-29(43-4)17-20-33(32)44-5)45(41,42)30-18-15-25(2)16-19-30/h10-12,15-22,28,31H,6-9,13-14,23-24H2,1-5H3,(H,36,40)/t31-/m1/s1. The number of anilines is 1. The molecule has 1 atom stereocenters. The maximum atomic E-state index is 14.5. The third-order valence-electron chi connectivity index (χ3n) is 8.32. The van der Waals surface area contributed by atoms with Crippen molar-refractivity contribution in [1.82, 2.24) is 10.2 Å². The van der Waals surface area contributed by atoms with Gasteiger partial charge in [0.2, 0.25) is 11.8 Å². The van der Waals surface area contributed by atoms with Gasteiger partial charge in [0.15, 0.2) is 0 Å². The van der Waals surface area contributed by atoms with Crippen LogP contribution in [0.5, 0.6) is 11.5 Å². The highest BCUT2D eigenvalue weighted by atomic mass is 32.2. The van der Waals surface area contributed by atoms with Gasteiger partial charge in [0, 0.05) is 18.7 Å². The summed E-state index contributed by atoms with van der Waals surface area (Å²) in [6.07, 6.45) is 5.45. The number of amides is 2. The SMILES string of the molecule is CC[C@H](C(=O)NC1CCCCC1)N(Cc1cccc(C)c1)C(=O)CN(c1cc(OC)ccc1OC)S(=O)(=O)c1ccc(C)cc1. The summed E-state index contributed by atoms with van der Waals surface area (Å²) in [6, 6.07) is 18.3. The topological polar surface area (TPSA) is 105 Å². The van der Waals surface area contributed by atoms with Crippen LogP contribution in [0.25, 0.3) is 0 Å². The van der Waals surface area contributed by atoms with Crippen LogP contribution in [0.4, 0.5) is 5.69 Å². The van der Waals surface area contributed by atoms with Crippen molar-refractivity contribution in [1.29, 1.82) is 0 Å². The molecule has 3 aromatic carbocycles. The van der Waals surface area contributed by atoms with Gasteiger partial charge < -0.3 is 19.7 Å². The first kappa shape index (κ1) is 33.8. The first-order valence-electron chi connectivity index (χ1n) is 15.5. The van der Waals surface area contributed by atoms with E-state index in [2.05, 4.69) is 5.32 Å². The number of aryl methyl sites for hydroxylation is 2. The Balaban J connectivity index is 1.77. The van der Waals surface area contributed by atoms with E-state index in [9.17, 15) is 18.0 Å². The maximum Gasteiger partial charge on any atom is 0.264 e. The average Bonchev–Trinajstić information content (AvgIpc) is 3.03. The molecule has 0 radical (unpaired) electrons. The van der Waals surface area contributed by atoms with Crippen molar-refractivity contribution in [2.24, 2.45) is 0 Å². The Morgan fingerprint density at radius 2 is 1.62 bits per heavy atom. The molecule has 242 valence electrons. The minimum Gasteiger partial charge on any atom is -0.497 e. The van der Waals surface area contributed by atoms with E-state index in [1.807, 2.05) is 45.0 Å². The Bertz CT molecular complexity index is 1570. The quantitative estimate of drug-likeness (QED) is 0.256. The van der Waals surface area contributed by atoms with E-state index in [1.54, 1.807) is 24.3 Å².